The van der Waals surface area contributed by atoms with E-state index in [4.69, 9.17) is 25.5 Å². The molecule has 3 rings (SSSR count). The van der Waals surface area contributed by atoms with Crippen molar-refractivity contribution in [3.63, 3.8) is 0 Å². The van der Waals surface area contributed by atoms with Crippen molar-refractivity contribution in [3.8, 4) is 11.5 Å². The molecule has 0 fully saturated rings. The molecule has 122 valence electrons. The summed E-state index contributed by atoms with van der Waals surface area (Å²) in [5.74, 6) is 1.92. The van der Waals surface area contributed by atoms with Gasteiger partial charge in [-0.2, -0.15) is 0 Å². The van der Waals surface area contributed by atoms with Crippen LogP contribution in [0.5, 0.6) is 11.5 Å². The van der Waals surface area contributed by atoms with Crippen molar-refractivity contribution in [1.82, 2.24) is 5.32 Å². The van der Waals surface area contributed by atoms with Crippen molar-refractivity contribution < 1.29 is 19.0 Å². The number of rotatable bonds is 6. The molecular formula is C17H18ClNO4. The lowest BCUT2D eigenvalue weighted by atomic mass is 10.1. The van der Waals surface area contributed by atoms with E-state index in [-0.39, 0.29) is 0 Å². The third-order valence-corrected chi connectivity index (χ3v) is 3.71. The van der Waals surface area contributed by atoms with E-state index < -0.39 is 6.10 Å². The van der Waals surface area contributed by atoms with Gasteiger partial charge in [0.15, 0.2) is 11.5 Å². The van der Waals surface area contributed by atoms with Crippen LogP contribution < -0.4 is 14.8 Å². The topological polar surface area (TPSA) is 63.9 Å². The van der Waals surface area contributed by atoms with Crippen LogP contribution in [0.3, 0.4) is 0 Å². The Labute approximate surface area is 139 Å². The molecule has 0 amide bonds. The molecule has 2 aromatic rings. The molecule has 1 aliphatic heterocycles. The maximum atomic E-state index is 10.3. The molecular weight excluding hydrogens is 318 g/mol. The number of halogens is 1. The Morgan fingerprint density at radius 2 is 2.17 bits per heavy atom. The second kappa shape index (κ2) is 7.55. The molecule has 5 nitrogen and oxygen atoms in total. The van der Waals surface area contributed by atoms with E-state index >= 15 is 0 Å². The first-order chi connectivity index (χ1) is 11.2. The number of aliphatic hydroxyl groups excluding tert-OH is 1. The summed E-state index contributed by atoms with van der Waals surface area (Å²) < 4.78 is 16.2. The molecule has 2 heterocycles. The van der Waals surface area contributed by atoms with E-state index in [9.17, 15) is 5.11 Å². The highest BCUT2D eigenvalue weighted by Gasteiger charge is 2.19. The third-order valence-electron chi connectivity index (χ3n) is 3.43. The quantitative estimate of drug-likeness (QED) is 0.794. The number of hydrogen-bond acceptors (Lipinski definition) is 5. The van der Waals surface area contributed by atoms with Gasteiger partial charge in [-0.3, -0.25) is 0 Å². The van der Waals surface area contributed by atoms with E-state index in [0.717, 1.165) is 5.76 Å². The van der Waals surface area contributed by atoms with Gasteiger partial charge in [0.2, 0.25) is 0 Å². The molecule has 0 spiro atoms. The van der Waals surface area contributed by atoms with Crippen molar-refractivity contribution in [2.75, 3.05) is 26.3 Å². The molecule has 1 aromatic heterocycles. The first-order valence-electron chi connectivity index (χ1n) is 7.42. The SMILES string of the molecule is O[C@@H](CNCC=Cc1ccco1)c1cc(Cl)c2c(c1)OCCO2. The fraction of sp³-hybridized carbons (Fsp3) is 0.294. The van der Waals surface area contributed by atoms with E-state index in [1.54, 1.807) is 18.4 Å². The van der Waals surface area contributed by atoms with Crippen LogP contribution in [0, 0.1) is 0 Å². The van der Waals surface area contributed by atoms with Crippen molar-refractivity contribution >= 4 is 17.7 Å². The van der Waals surface area contributed by atoms with Crippen LogP contribution in [0.4, 0.5) is 0 Å². The van der Waals surface area contributed by atoms with Gasteiger partial charge in [-0.15, -0.1) is 0 Å². The Hall–Kier alpha value is -1.95. The molecule has 0 aliphatic carbocycles. The highest BCUT2D eigenvalue weighted by molar-refractivity contribution is 6.32. The summed E-state index contributed by atoms with van der Waals surface area (Å²) in [6, 6.07) is 7.19. The summed E-state index contributed by atoms with van der Waals surface area (Å²) in [7, 11) is 0. The van der Waals surface area contributed by atoms with Crippen LogP contribution in [0.25, 0.3) is 6.08 Å². The largest absolute Gasteiger partial charge is 0.486 e. The number of hydrogen-bond donors (Lipinski definition) is 2. The minimum absolute atomic E-state index is 0.401. The van der Waals surface area contributed by atoms with Crippen LogP contribution in [0.1, 0.15) is 17.4 Å². The maximum absolute atomic E-state index is 10.3. The van der Waals surface area contributed by atoms with Crippen LogP contribution >= 0.6 is 11.6 Å². The monoisotopic (exact) mass is 335 g/mol. The molecule has 1 aromatic carbocycles. The van der Waals surface area contributed by atoms with Gasteiger partial charge in [0.1, 0.15) is 19.0 Å². The highest BCUT2D eigenvalue weighted by Crippen LogP contribution is 2.39. The maximum Gasteiger partial charge on any atom is 0.179 e. The van der Waals surface area contributed by atoms with Gasteiger partial charge in [-0.05, 0) is 35.9 Å². The van der Waals surface area contributed by atoms with E-state index in [0.29, 0.717) is 48.4 Å². The van der Waals surface area contributed by atoms with E-state index in [1.807, 2.05) is 24.3 Å². The number of furan rings is 1. The first kappa shape index (κ1) is 15.9. The number of fused-ring (bicyclic) bond motifs is 1. The molecule has 23 heavy (non-hydrogen) atoms. The minimum Gasteiger partial charge on any atom is -0.486 e. The summed E-state index contributed by atoms with van der Waals surface area (Å²) in [4.78, 5) is 0. The third kappa shape index (κ3) is 4.07. The zero-order valence-electron chi connectivity index (χ0n) is 12.5. The van der Waals surface area contributed by atoms with Gasteiger partial charge in [-0.1, -0.05) is 17.7 Å². The Morgan fingerprint density at radius 1 is 1.30 bits per heavy atom. The van der Waals surface area contributed by atoms with Crippen molar-refractivity contribution in [2.24, 2.45) is 0 Å². The fourth-order valence-corrected chi connectivity index (χ4v) is 2.58. The first-order valence-corrected chi connectivity index (χ1v) is 7.79. The minimum atomic E-state index is -0.680. The molecule has 2 N–H and O–H groups in total. The Bertz CT molecular complexity index is 669. The summed E-state index contributed by atoms with van der Waals surface area (Å²) in [6.07, 6.45) is 4.76. The van der Waals surface area contributed by atoms with Gasteiger partial charge in [0.25, 0.3) is 0 Å². The molecule has 0 bridgehead atoms. The molecule has 0 radical (unpaired) electrons. The number of ether oxygens (including phenoxy) is 2. The van der Waals surface area contributed by atoms with Crippen LogP contribution in [-0.2, 0) is 0 Å². The molecule has 0 saturated carbocycles. The average molecular weight is 336 g/mol. The summed E-state index contributed by atoms with van der Waals surface area (Å²) in [5, 5.41) is 13.9. The molecule has 1 aliphatic rings. The summed E-state index contributed by atoms with van der Waals surface area (Å²) >= 11 is 6.17. The predicted molar refractivity (Wildman–Crippen MR) is 88.0 cm³/mol. The van der Waals surface area contributed by atoms with Crippen LogP contribution in [0.15, 0.2) is 41.0 Å². The van der Waals surface area contributed by atoms with E-state index in [2.05, 4.69) is 5.32 Å². The molecule has 0 unspecified atom stereocenters. The lowest BCUT2D eigenvalue weighted by Gasteiger charge is -2.21. The van der Waals surface area contributed by atoms with Crippen molar-refractivity contribution in [1.29, 1.82) is 0 Å². The molecule has 0 saturated heterocycles. The normalized spacial score (nSPS) is 15.0. The van der Waals surface area contributed by atoms with Crippen molar-refractivity contribution in [3.05, 3.63) is 53.0 Å². The predicted octanol–water partition coefficient (Wildman–Crippen LogP) is 3.04. The van der Waals surface area contributed by atoms with Gasteiger partial charge < -0.3 is 24.3 Å². The van der Waals surface area contributed by atoms with Gasteiger partial charge in [-0.25, -0.2) is 0 Å². The van der Waals surface area contributed by atoms with Crippen molar-refractivity contribution in [2.45, 2.75) is 6.10 Å². The zero-order valence-corrected chi connectivity index (χ0v) is 13.3. The second-order valence-corrected chi connectivity index (χ2v) is 5.53. The number of nitrogens with one attached hydrogen (secondary N) is 1. The van der Waals surface area contributed by atoms with Gasteiger partial charge in [0.05, 0.1) is 17.4 Å². The zero-order chi connectivity index (χ0) is 16.1. The van der Waals surface area contributed by atoms with Gasteiger partial charge >= 0.3 is 0 Å². The lowest BCUT2D eigenvalue weighted by molar-refractivity contribution is 0.164. The number of aliphatic hydroxyl groups is 1. The Kier molecular flexibility index (Phi) is 5.23. The summed E-state index contributed by atoms with van der Waals surface area (Å²) in [6.45, 7) is 1.99. The Balaban J connectivity index is 1.54. The summed E-state index contributed by atoms with van der Waals surface area (Å²) in [5.41, 5.74) is 0.696. The highest BCUT2D eigenvalue weighted by atomic mass is 35.5. The van der Waals surface area contributed by atoms with E-state index in [1.165, 1.54) is 0 Å². The standard InChI is InChI=1S/C17H18ClNO4/c18-14-9-12(10-16-17(14)23-8-7-22-16)15(20)11-19-5-1-3-13-4-2-6-21-13/h1-4,6,9-10,15,19-20H,5,7-8,11H2/t15-/m0/s1. The average Bonchev–Trinajstić information content (AvgIpc) is 3.07. The fourth-order valence-electron chi connectivity index (χ4n) is 2.31. The molecule has 1 atom stereocenters. The lowest BCUT2D eigenvalue weighted by Crippen LogP contribution is -2.22. The smallest absolute Gasteiger partial charge is 0.179 e. The van der Waals surface area contributed by atoms with Crippen LogP contribution in [0.2, 0.25) is 5.02 Å². The van der Waals surface area contributed by atoms with Crippen LogP contribution in [-0.4, -0.2) is 31.4 Å². The number of benzene rings is 1. The Morgan fingerprint density at radius 3 is 3.00 bits per heavy atom. The molecule has 6 heteroatoms. The van der Waals surface area contributed by atoms with Gasteiger partial charge in [0, 0.05) is 13.1 Å². The second-order valence-electron chi connectivity index (χ2n) is 5.12.